The van der Waals surface area contributed by atoms with Crippen molar-refractivity contribution in [1.29, 1.82) is 5.26 Å². The van der Waals surface area contributed by atoms with Crippen molar-refractivity contribution < 1.29 is 4.79 Å². The number of hydrogen-bond donors (Lipinski definition) is 3. The van der Waals surface area contributed by atoms with Gasteiger partial charge in [0.2, 0.25) is 5.91 Å². The van der Waals surface area contributed by atoms with Crippen LogP contribution >= 0.6 is 11.6 Å². The zero-order valence-corrected chi connectivity index (χ0v) is 16.4. The minimum atomic E-state index is -0.107. The van der Waals surface area contributed by atoms with E-state index in [2.05, 4.69) is 30.5 Å². The normalized spacial score (nSPS) is 16.4. The molecule has 0 aliphatic carbocycles. The monoisotopic (exact) mass is 409 g/mol. The summed E-state index contributed by atoms with van der Waals surface area (Å²) in [6.07, 6.45) is 5.29. The van der Waals surface area contributed by atoms with E-state index < -0.39 is 0 Å². The third-order valence-electron chi connectivity index (χ3n) is 4.90. The molecule has 0 bridgehead atoms. The Kier molecular flexibility index (Phi) is 5.49. The first-order valence-electron chi connectivity index (χ1n) is 9.39. The fourth-order valence-corrected chi connectivity index (χ4v) is 3.85. The Morgan fingerprint density at radius 3 is 3.14 bits per heavy atom. The molecule has 1 aliphatic rings. The molecule has 1 saturated heterocycles. The second-order valence-corrected chi connectivity index (χ2v) is 7.42. The molecule has 9 heteroatoms. The molecule has 3 N–H and O–H groups in total. The second kappa shape index (κ2) is 8.37. The summed E-state index contributed by atoms with van der Waals surface area (Å²) in [4.78, 5) is 26.4. The molecule has 3 heterocycles. The lowest BCUT2D eigenvalue weighted by atomic mass is 10.1. The Balaban J connectivity index is 1.36. The number of fused-ring (bicyclic) bond motifs is 1. The van der Waals surface area contributed by atoms with Gasteiger partial charge < -0.3 is 20.5 Å². The van der Waals surface area contributed by atoms with Crippen LogP contribution in [0.1, 0.15) is 18.4 Å². The van der Waals surface area contributed by atoms with Crippen LogP contribution < -0.4 is 15.5 Å². The molecule has 2 aromatic heterocycles. The average molecular weight is 410 g/mol. The molecule has 1 atom stereocenters. The van der Waals surface area contributed by atoms with Gasteiger partial charge in [0.05, 0.1) is 23.6 Å². The number of amides is 1. The quantitative estimate of drug-likeness (QED) is 0.597. The summed E-state index contributed by atoms with van der Waals surface area (Å²) >= 11 is 6.00. The average Bonchev–Trinajstić information content (AvgIpc) is 3.21. The smallest absolute Gasteiger partial charge is 0.239 e. The van der Waals surface area contributed by atoms with E-state index in [1.54, 1.807) is 24.5 Å². The van der Waals surface area contributed by atoms with Gasteiger partial charge in [-0.1, -0.05) is 11.6 Å². The molecule has 1 aromatic carbocycles. The van der Waals surface area contributed by atoms with Crippen molar-refractivity contribution in [3.63, 3.8) is 0 Å². The van der Waals surface area contributed by atoms with Crippen LogP contribution in [-0.4, -0.2) is 46.5 Å². The van der Waals surface area contributed by atoms with Gasteiger partial charge in [-0.05, 0) is 37.1 Å². The lowest BCUT2D eigenvalue weighted by Gasteiger charge is -2.34. The Morgan fingerprint density at radius 2 is 2.28 bits per heavy atom. The molecule has 29 heavy (non-hydrogen) atoms. The number of aromatic amines is 1. The molecule has 1 amide bonds. The number of nitrogens with zero attached hydrogens (tertiary/aromatic N) is 4. The topological polar surface area (TPSA) is 110 Å². The van der Waals surface area contributed by atoms with Crippen LogP contribution in [0.15, 0.2) is 36.8 Å². The molecule has 0 radical (unpaired) electrons. The number of halogens is 1. The number of anilines is 2. The number of piperidine rings is 1. The fourth-order valence-electron chi connectivity index (χ4n) is 3.62. The van der Waals surface area contributed by atoms with Gasteiger partial charge in [-0.15, -0.1) is 0 Å². The van der Waals surface area contributed by atoms with E-state index in [1.807, 2.05) is 18.3 Å². The minimum absolute atomic E-state index is 0.0380. The first-order chi connectivity index (χ1) is 14.1. The summed E-state index contributed by atoms with van der Waals surface area (Å²) in [6.45, 7) is 1.69. The lowest BCUT2D eigenvalue weighted by molar-refractivity contribution is -0.120. The van der Waals surface area contributed by atoms with Crippen molar-refractivity contribution in [3.8, 4) is 6.07 Å². The first-order valence-corrected chi connectivity index (χ1v) is 9.77. The highest BCUT2D eigenvalue weighted by molar-refractivity contribution is 6.31. The molecule has 4 rings (SSSR count). The predicted molar refractivity (Wildman–Crippen MR) is 112 cm³/mol. The fraction of sp³-hybridized carbons (Fsp3) is 0.300. The van der Waals surface area contributed by atoms with Crippen molar-refractivity contribution in [2.75, 3.05) is 29.9 Å². The van der Waals surface area contributed by atoms with Gasteiger partial charge in [0.15, 0.2) is 0 Å². The summed E-state index contributed by atoms with van der Waals surface area (Å²) in [5.41, 5.74) is 1.90. The van der Waals surface area contributed by atoms with Crippen molar-refractivity contribution in [1.82, 2.24) is 20.3 Å². The number of carbonyl (C=O) groups excluding carboxylic acids is 1. The third kappa shape index (κ3) is 4.41. The van der Waals surface area contributed by atoms with E-state index in [9.17, 15) is 4.79 Å². The van der Waals surface area contributed by atoms with Crippen molar-refractivity contribution in [3.05, 3.63) is 47.4 Å². The Labute approximate surface area is 172 Å². The van der Waals surface area contributed by atoms with E-state index in [1.165, 1.54) is 0 Å². The van der Waals surface area contributed by atoms with Crippen LogP contribution in [0.2, 0.25) is 5.02 Å². The zero-order chi connectivity index (χ0) is 20.2. The third-order valence-corrected chi connectivity index (χ3v) is 5.12. The van der Waals surface area contributed by atoms with Crippen molar-refractivity contribution >= 4 is 40.0 Å². The number of benzene rings is 1. The summed E-state index contributed by atoms with van der Waals surface area (Å²) in [5, 5.41) is 16.6. The summed E-state index contributed by atoms with van der Waals surface area (Å²) in [5.74, 6) is 0.779. The number of nitrogens with one attached hydrogen (secondary N) is 3. The molecular weight excluding hydrogens is 390 g/mol. The highest BCUT2D eigenvalue weighted by atomic mass is 35.5. The Bertz CT molecular complexity index is 1070. The molecular formula is C20H20ClN7O. The van der Waals surface area contributed by atoms with Gasteiger partial charge in [-0.2, -0.15) is 5.26 Å². The van der Waals surface area contributed by atoms with E-state index in [0.29, 0.717) is 22.8 Å². The van der Waals surface area contributed by atoms with Crippen molar-refractivity contribution in [2.24, 2.45) is 0 Å². The van der Waals surface area contributed by atoms with Gasteiger partial charge in [0.1, 0.15) is 17.8 Å². The van der Waals surface area contributed by atoms with Crippen LogP contribution in [0.5, 0.6) is 0 Å². The van der Waals surface area contributed by atoms with E-state index >= 15 is 0 Å². The number of carbonyl (C=O) groups is 1. The largest absolute Gasteiger partial charge is 0.376 e. The number of hydrogen-bond acceptors (Lipinski definition) is 6. The lowest BCUT2D eigenvalue weighted by Crippen LogP contribution is -2.49. The molecule has 8 nitrogen and oxygen atoms in total. The van der Waals surface area contributed by atoms with Crippen LogP contribution in [-0.2, 0) is 4.79 Å². The van der Waals surface area contributed by atoms with Crippen LogP contribution in [0.25, 0.3) is 11.0 Å². The molecule has 1 fully saturated rings. The molecule has 0 unspecified atom stereocenters. The SMILES string of the molecule is N#Cc1cc(Cl)cc(NCC(=O)N[C@@H]2CCCN(c3ncnc4[nH]ccc34)C2)c1. The zero-order valence-electron chi connectivity index (χ0n) is 15.7. The van der Waals surface area contributed by atoms with Crippen LogP contribution in [0, 0.1) is 11.3 Å². The van der Waals surface area contributed by atoms with Gasteiger partial charge >= 0.3 is 0 Å². The van der Waals surface area contributed by atoms with Crippen LogP contribution in [0.4, 0.5) is 11.5 Å². The Morgan fingerprint density at radius 1 is 1.38 bits per heavy atom. The van der Waals surface area contributed by atoms with Gasteiger partial charge in [-0.25, -0.2) is 9.97 Å². The maximum Gasteiger partial charge on any atom is 0.239 e. The van der Waals surface area contributed by atoms with Gasteiger partial charge in [-0.3, -0.25) is 4.79 Å². The summed E-state index contributed by atoms with van der Waals surface area (Å²) in [6, 6.07) is 8.99. The number of aromatic nitrogens is 3. The predicted octanol–water partition coefficient (Wildman–Crippen LogP) is 2.68. The maximum absolute atomic E-state index is 12.4. The standard InChI is InChI=1S/C20H20ClN7O/c21-14-6-13(9-22)7-16(8-14)24-10-18(29)27-15-2-1-5-28(11-15)20-17-3-4-23-19(17)25-12-26-20/h3-4,6-8,12,15,24H,1-2,5,10-11H2,(H,27,29)(H,23,25,26)/t15-/m1/s1. The van der Waals surface area contributed by atoms with Crippen LogP contribution in [0.3, 0.4) is 0 Å². The second-order valence-electron chi connectivity index (χ2n) is 6.98. The highest BCUT2D eigenvalue weighted by Gasteiger charge is 2.23. The molecule has 3 aromatic rings. The maximum atomic E-state index is 12.4. The summed E-state index contributed by atoms with van der Waals surface area (Å²) in [7, 11) is 0. The van der Waals surface area contributed by atoms with E-state index in [-0.39, 0.29) is 18.5 Å². The van der Waals surface area contributed by atoms with E-state index in [0.717, 1.165) is 36.2 Å². The molecule has 148 valence electrons. The minimum Gasteiger partial charge on any atom is -0.376 e. The first kappa shape index (κ1) is 19.0. The number of nitriles is 1. The number of H-pyrrole nitrogens is 1. The molecule has 0 saturated carbocycles. The van der Waals surface area contributed by atoms with Gasteiger partial charge in [0, 0.05) is 36.0 Å². The van der Waals surface area contributed by atoms with Crippen molar-refractivity contribution in [2.45, 2.75) is 18.9 Å². The van der Waals surface area contributed by atoms with E-state index in [4.69, 9.17) is 16.9 Å². The molecule has 1 aliphatic heterocycles. The summed E-state index contributed by atoms with van der Waals surface area (Å²) < 4.78 is 0. The van der Waals surface area contributed by atoms with Gasteiger partial charge in [0.25, 0.3) is 0 Å². The highest BCUT2D eigenvalue weighted by Crippen LogP contribution is 2.25. The Hall–Kier alpha value is -3.31. The number of rotatable bonds is 5. The molecule has 0 spiro atoms.